The first-order valence-corrected chi connectivity index (χ1v) is 8.28. The van der Waals surface area contributed by atoms with Crippen molar-refractivity contribution in [1.82, 2.24) is 9.21 Å². The van der Waals surface area contributed by atoms with E-state index in [9.17, 15) is 8.42 Å². The second-order valence-corrected chi connectivity index (χ2v) is 7.05. The fourth-order valence-electron chi connectivity index (χ4n) is 2.34. The number of hydrogen-bond acceptors (Lipinski definition) is 4. The van der Waals surface area contributed by atoms with Crippen LogP contribution in [0.1, 0.15) is 17.5 Å². The minimum absolute atomic E-state index is 0.0968. The van der Waals surface area contributed by atoms with Crippen molar-refractivity contribution in [2.45, 2.75) is 12.2 Å². The zero-order valence-corrected chi connectivity index (χ0v) is 12.4. The first kappa shape index (κ1) is 15.0. The maximum absolute atomic E-state index is 12.5. The number of nitrogens with zero attached hydrogens (tertiary/aromatic N) is 3. The van der Waals surface area contributed by atoms with Gasteiger partial charge in [-0.3, -0.25) is 0 Å². The van der Waals surface area contributed by atoms with E-state index in [1.54, 1.807) is 28.6 Å². The van der Waals surface area contributed by atoms with Gasteiger partial charge in [0.1, 0.15) is 0 Å². The molecule has 0 unspecified atom stereocenters. The van der Waals surface area contributed by atoms with Crippen molar-refractivity contribution in [2.75, 3.05) is 33.2 Å². The van der Waals surface area contributed by atoms with E-state index in [-0.39, 0.29) is 5.75 Å². The van der Waals surface area contributed by atoms with Crippen LogP contribution >= 0.6 is 0 Å². The van der Waals surface area contributed by atoms with Gasteiger partial charge in [0.2, 0.25) is 10.0 Å². The second-order valence-electron chi connectivity index (χ2n) is 5.08. The molecule has 1 saturated heterocycles. The van der Waals surface area contributed by atoms with Crippen molar-refractivity contribution in [1.29, 1.82) is 5.26 Å². The van der Waals surface area contributed by atoms with Crippen LogP contribution in [0.25, 0.3) is 0 Å². The van der Waals surface area contributed by atoms with Gasteiger partial charge in [-0.05, 0) is 31.6 Å². The van der Waals surface area contributed by atoms with Crippen LogP contribution in [0.15, 0.2) is 24.3 Å². The van der Waals surface area contributed by atoms with Gasteiger partial charge in [-0.2, -0.15) is 5.26 Å². The summed E-state index contributed by atoms with van der Waals surface area (Å²) in [5.74, 6) is -0.0968. The standard InChI is InChI=1S/C14H19N3O2S/c1-16-7-4-8-17(10-9-16)20(18,19)12-14-6-3-2-5-13(14)11-15/h2-3,5-6H,4,7-10,12H2,1H3. The average molecular weight is 293 g/mol. The molecule has 6 heteroatoms. The lowest BCUT2D eigenvalue weighted by Gasteiger charge is -2.20. The minimum atomic E-state index is -3.36. The number of hydrogen-bond donors (Lipinski definition) is 0. The normalized spacial score (nSPS) is 18.4. The molecule has 1 aliphatic rings. The Morgan fingerprint density at radius 2 is 1.95 bits per heavy atom. The molecule has 0 atom stereocenters. The summed E-state index contributed by atoms with van der Waals surface area (Å²) >= 11 is 0. The highest BCUT2D eigenvalue weighted by Gasteiger charge is 2.25. The van der Waals surface area contributed by atoms with Crippen LogP contribution in [0.4, 0.5) is 0 Å². The fraction of sp³-hybridized carbons (Fsp3) is 0.500. The molecular weight excluding hydrogens is 274 g/mol. The molecule has 1 aromatic rings. The van der Waals surface area contributed by atoms with Crippen LogP contribution in [0, 0.1) is 11.3 Å². The molecule has 1 fully saturated rings. The fourth-order valence-corrected chi connectivity index (χ4v) is 3.94. The minimum Gasteiger partial charge on any atom is -0.305 e. The molecule has 0 saturated carbocycles. The Balaban J connectivity index is 2.17. The molecular formula is C14H19N3O2S. The van der Waals surface area contributed by atoms with Gasteiger partial charge in [-0.1, -0.05) is 18.2 Å². The molecule has 0 aromatic heterocycles. The van der Waals surface area contributed by atoms with E-state index in [1.807, 2.05) is 13.1 Å². The molecule has 2 rings (SSSR count). The highest BCUT2D eigenvalue weighted by molar-refractivity contribution is 7.88. The quantitative estimate of drug-likeness (QED) is 0.835. The number of rotatable bonds is 3. The lowest BCUT2D eigenvalue weighted by Crippen LogP contribution is -2.35. The van der Waals surface area contributed by atoms with E-state index in [0.29, 0.717) is 24.2 Å². The van der Waals surface area contributed by atoms with Gasteiger partial charge < -0.3 is 4.90 Å². The van der Waals surface area contributed by atoms with Crippen LogP contribution in [0.3, 0.4) is 0 Å². The number of likely N-dealkylation sites (N-methyl/N-ethyl adjacent to an activating group) is 1. The molecule has 1 aliphatic heterocycles. The Kier molecular flexibility index (Phi) is 4.76. The van der Waals surface area contributed by atoms with Crippen LogP contribution in [-0.4, -0.2) is 50.8 Å². The molecule has 20 heavy (non-hydrogen) atoms. The predicted octanol–water partition coefficient (Wildman–Crippen LogP) is 1.03. The molecule has 108 valence electrons. The summed E-state index contributed by atoms with van der Waals surface area (Å²) in [5, 5.41) is 9.04. The van der Waals surface area contributed by atoms with Crippen LogP contribution in [-0.2, 0) is 15.8 Å². The Bertz CT molecular complexity index is 607. The summed E-state index contributed by atoms with van der Waals surface area (Å²) in [6.07, 6.45) is 0.843. The molecule has 0 bridgehead atoms. The topological polar surface area (TPSA) is 64.4 Å². The first-order chi connectivity index (χ1) is 9.53. The zero-order chi connectivity index (χ0) is 14.6. The molecule has 0 aliphatic carbocycles. The van der Waals surface area contributed by atoms with Crippen LogP contribution < -0.4 is 0 Å². The third-order valence-electron chi connectivity index (χ3n) is 3.55. The van der Waals surface area contributed by atoms with E-state index in [0.717, 1.165) is 19.5 Å². The van der Waals surface area contributed by atoms with E-state index >= 15 is 0 Å². The molecule has 1 heterocycles. The van der Waals surface area contributed by atoms with Crippen molar-refractivity contribution in [3.05, 3.63) is 35.4 Å². The van der Waals surface area contributed by atoms with Crippen molar-refractivity contribution in [3.8, 4) is 6.07 Å². The zero-order valence-electron chi connectivity index (χ0n) is 11.6. The molecule has 0 spiro atoms. The Hall–Kier alpha value is -1.42. The SMILES string of the molecule is CN1CCCN(S(=O)(=O)Cc2ccccc2C#N)CC1. The maximum atomic E-state index is 12.5. The van der Waals surface area contributed by atoms with Crippen molar-refractivity contribution >= 4 is 10.0 Å². The number of nitriles is 1. The molecule has 1 aromatic carbocycles. The molecule has 5 nitrogen and oxygen atoms in total. The third kappa shape index (κ3) is 3.57. The summed E-state index contributed by atoms with van der Waals surface area (Å²) in [5.41, 5.74) is 1.01. The summed E-state index contributed by atoms with van der Waals surface area (Å²) in [7, 11) is -1.36. The van der Waals surface area contributed by atoms with Gasteiger partial charge in [0, 0.05) is 19.6 Å². The van der Waals surface area contributed by atoms with E-state index in [1.165, 1.54) is 0 Å². The lowest BCUT2D eigenvalue weighted by molar-refractivity contribution is 0.347. The Morgan fingerprint density at radius 1 is 1.20 bits per heavy atom. The smallest absolute Gasteiger partial charge is 0.218 e. The highest BCUT2D eigenvalue weighted by Crippen LogP contribution is 2.16. The van der Waals surface area contributed by atoms with Gasteiger partial charge in [-0.25, -0.2) is 12.7 Å². The average Bonchev–Trinajstić information content (AvgIpc) is 2.64. The number of sulfonamides is 1. The van der Waals surface area contributed by atoms with E-state index in [4.69, 9.17) is 5.26 Å². The summed E-state index contributed by atoms with van der Waals surface area (Å²) < 4.78 is 26.5. The van der Waals surface area contributed by atoms with E-state index in [2.05, 4.69) is 4.90 Å². The predicted molar refractivity (Wildman–Crippen MR) is 77.5 cm³/mol. The molecule has 0 N–H and O–H groups in total. The van der Waals surface area contributed by atoms with Crippen LogP contribution in [0.5, 0.6) is 0 Å². The summed E-state index contributed by atoms with van der Waals surface area (Å²) in [6.45, 7) is 2.74. The highest BCUT2D eigenvalue weighted by atomic mass is 32.2. The van der Waals surface area contributed by atoms with Crippen molar-refractivity contribution in [3.63, 3.8) is 0 Å². The summed E-state index contributed by atoms with van der Waals surface area (Å²) in [4.78, 5) is 2.14. The molecule has 0 amide bonds. The maximum Gasteiger partial charge on any atom is 0.218 e. The second kappa shape index (κ2) is 6.35. The van der Waals surface area contributed by atoms with E-state index < -0.39 is 10.0 Å². The van der Waals surface area contributed by atoms with Crippen LogP contribution in [0.2, 0.25) is 0 Å². The van der Waals surface area contributed by atoms with Gasteiger partial charge in [0.15, 0.2) is 0 Å². The van der Waals surface area contributed by atoms with Gasteiger partial charge in [0.05, 0.1) is 17.4 Å². The summed E-state index contributed by atoms with van der Waals surface area (Å²) in [6, 6.07) is 8.92. The molecule has 0 radical (unpaired) electrons. The third-order valence-corrected chi connectivity index (χ3v) is 5.38. The monoisotopic (exact) mass is 293 g/mol. The lowest BCUT2D eigenvalue weighted by atomic mass is 10.1. The van der Waals surface area contributed by atoms with Crippen molar-refractivity contribution in [2.24, 2.45) is 0 Å². The largest absolute Gasteiger partial charge is 0.305 e. The van der Waals surface area contributed by atoms with Gasteiger partial charge >= 0.3 is 0 Å². The Morgan fingerprint density at radius 3 is 2.70 bits per heavy atom. The first-order valence-electron chi connectivity index (χ1n) is 6.67. The Labute approximate surface area is 120 Å². The van der Waals surface area contributed by atoms with Gasteiger partial charge in [-0.15, -0.1) is 0 Å². The van der Waals surface area contributed by atoms with Crippen molar-refractivity contribution < 1.29 is 8.42 Å². The van der Waals surface area contributed by atoms with Gasteiger partial charge in [0.25, 0.3) is 0 Å². The number of benzene rings is 1.